The second-order valence-electron chi connectivity index (χ2n) is 10.1. The highest BCUT2D eigenvalue weighted by atomic mass is 16.5. The summed E-state index contributed by atoms with van der Waals surface area (Å²) in [6.07, 6.45) is 3.55. The van der Waals surface area contributed by atoms with Crippen LogP contribution < -0.4 is 0 Å². The van der Waals surface area contributed by atoms with E-state index >= 15 is 0 Å². The lowest BCUT2D eigenvalue weighted by Gasteiger charge is -2.25. The number of aliphatic hydroxyl groups is 1. The maximum absolute atomic E-state index is 13.2. The predicted molar refractivity (Wildman–Crippen MR) is 131 cm³/mol. The quantitative estimate of drug-likeness (QED) is 0.590. The first-order valence-corrected chi connectivity index (χ1v) is 12.2. The molecule has 2 atom stereocenters. The molecule has 1 aliphatic heterocycles. The number of aliphatic hydroxyl groups excluding tert-OH is 1. The van der Waals surface area contributed by atoms with Gasteiger partial charge < -0.3 is 14.7 Å². The summed E-state index contributed by atoms with van der Waals surface area (Å²) in [7, 11) is 1.62. The summed E-state index contributed by atoms with van der Waals surface area (Å²) in [6.45, 7) is 1.67. The zero-order chi connectivity index (χ0) is 23.3. The van der Waals surface area contributed by atoms with Crippen molar-refractivity contribution in [3.8, 4) is 11.1 Å². The number of carbonyl (C=O) groups excluding carboxylic acids is 1. The number of hydrogen-bond acceptors (Lipinski definition) is 4. The highest BCUT2D eigenvalue weighted by Gasteiger charge is 2.48. The van der Waals surface area contributed by atoms with Crippen LogP contribution in [0.2, 0.25) is 0 Å². The molecule has 5 heteroatoms. The second kappa shape index (κ2) is 8.33. The summed E-state index contributed by atoms with van der Waals surface area (Å²) < 4.78 is 5.17. The minimum absolute atomic E-state index is 0.0484. The van der Waals surface area contributed by atoms with Crippen molar-refractivity contribution < 1.29 is 14.6 Å². The van der Waals surface area contributed by atoms with Crippen molar-refractivity contribution in [3.63, 3.8) is 0 Å². The molecule has 5 nitrogen and oxygen atoms in total. The van der Waals surface area contributed by atoms with Gasteiger partial charge in [0.2, 0.25) is 0 Å². The summed E-state index contributed by atoms with van der Waals surface area (Å²) in [5, 5.41) is 11.1. The molecule has 34 heavy (non-hydrogen) atoms. The number of aromatic nitrogens is 1. The maximum Gasteiger partial charge on any atom is 0.272 e. The first-order chi connectivity index (χ1) is 16.6. The molecule has 2 fully saturated rings. The SMILES string of the molecule is COCc1cccc(C(=O)N2CCC3(CC(O)c4cc(-c5ccccc5C5CC5)ccc43)C2)n1. The number of nitrogens with zero attached hydrogens (tertiary/aromatic N) is 2. The largest absolute Gasteiger partial charge is 0.388 e. The normalized spacial score (nSPS) is 23.5. The molecule has 0 bridgehead atoms. The summed E-state index contributed by atoms with van der Waals surface area (Å²) in [5.74, 6) is 0.624. The number of pyridine rings is 1. The van der Waals surface area contributed by atoms with Crippen LogP contribution in [0.3, 0.4) is 0 Å². The number of methoxy groups -OCH3 is 1. The van der Waals surface area contributed by atoms with E-state index in [-0.39, 0.29) is 11.3 Å². The third-order valence-corrected chi connectivity index (χ3v) is 7.81. The molecule has 1 spiro atoms. The van der Waals surface area contributed by atoms with E-state index in [1.165, 1.54) is 35.1 Å². The van der Waals surface area contributed by atoms with Gasteiger partial charge in [0, 0.05) is 25.6 Å². The fourth-order valence-corrected chi connectivity index (χ4v) is 6.01. The van der Waals surface area contributed by atoms with Crippen molar-refractivity contribution in [2.75, 3.05) is 20.2 Å². The van der Waals surface area contributed by atoms with Crippen molar-refractivity contribution >= 4 is 5.91 Å². The van der Waals surface area contributed by atoms with E-state index in [1.54, 1.807) is 13.2 Å². The Morgan fingerprint density at radius 2 is 1.97 bits per heavy atom. The number of carbonyl (C=O) groups is 1. The lowest BCUT2D eigenvalue weighted by Crippen LogP contribution is -2.34. The van der Waals surface area contributed by atoms with Crippen LogP contribution in [0.4, 0.5) is 0 Å². The monoisotopic (exact) mass is 454 g/mol. The molecule has 1 saturated carbocycles. The van der Waals surface area contributed by atoms with Crippen molar-refractivity contribution in [1.82, 2.24) is 9.88 Å². The first kappa shape index (κ1) is 21.5. The maximum atomic E-state index is 13.2. The van der Waals surface area contributed by atoms with Crippen LogP contribution in [0.5, 0.6) is 0 Å². The van der Waals surface area contributed by atoms with Gasteiger partial charge in [0.05, 0.1) is 18.4 Å². The molecule has 6 rings (SSSR count). The van der Waals surface area contributed by atoms with Gasteiger partial charge in [0.15, 0.2) is 0 Å². The Morgan fingerprint density at radius 1 is 1.12 bits per heavy atom. The molecule has 2 heterocycles. The minimum Gasteiger partial charge on any atom is -0.388 e. The Balaban J connectivity index is 1.28. The van der Waals surface area contributed by atoms with Crippen molar-refractivity contribution in [3.05, 3.63) is 88.7 Å². The van der Waals surface area contributed by atoms with Crippen LogP contribution >= 0.6 is 0 Å². The average molecular weight is 455 g/mol. The lowest BCUT2D eigenvalue weighted by molar-refractivity contribution is 0.0769. The summed E-state index contributed by atoms with van der Waals surface area (Å²) in [5.41, 5.74) is 7.13. The van der Waals surface area contributed by atoms with Gasteiger partial charge in [-0.2, -0.15) is 0 Å². The smallest absolute Gasteiger partial charge is 0.272 e. The Labute approximate surface area is 200 Å². The molecule has 1 saturated heterocycles. The van der Waals surface area contributed by atoms with Crippen molar-refractivity contribution in [2.45, 2.75) is 49.7 Å². The van der Waals surface area contributed by atoms with Crippen LogP contribution in [0, 0.1) is 0 Å². The third-order valence-electron chi connectivity index (χ3n) is 7.81. The van der Waals surface area contributed by atoms with Crippen molar-refractivity contribution in [2.24, 2.45) is 0 Å². The summed E-state index contributed by atoms with van der Waals surface area (Å²) in [4.78, 5) is 19.6. The van der Waals surface area contributed by atoms with Gasteiger partial charge in [-0.25, -0.2) is 4.98 Å². The number of benzene rings is 2. The van der Waals surface area contributed by atoms with E-state index in [2.05, 4.69) is 47.4 Å². The Hall–Kier alpha value is -3.02. The van der Waals surface area contributed by atoms with E-state index in [9.17, 15) is 9.90 Å². The minimum atomic E-state index is -0.499. The van der Waals surface area contributed by atoms with E-state index in [0.29, 0.717) is 37.7 Å². The Morgan fingerprint density at radius 3 is 2.79 bits per heavy atom. The zero-order valence-corrected chi connectivity index (χ0v) is 19.5. The highest BCUT2D eigenvalue weighted by Crippen LogP contribution is 2.52. The molecular weight excluding hydrogens is 424 g/mol. The number of rotatable bonds is 5. The molecule has 2 unspecified atom stereocenters. The van der Waals surface area contributed by atoms with Gasteiger partial charge in [-0.05, 0) is 77.6 Å². The number of ether oxygens (including phenoxy) is 1. The Kier molecular flexibility index (Phi) is 5.27. The van der Waals surface area contributed by atoms with Crippen LogP contribution in [0.25, 0.3) is 11.1 Å². The predicted octanol–water partition coefficient (Wildman–Crippen LogP) is 4.99. The average Bonchev–Trinajstić information content (AvgIpc) is 3.57. The molecule has 3 aromatic rings. The van der Waals surface area contributed by atoms with E-state index in [4.69, 9.17) is 4.74 Å². The highest BCUT2D eigenvalue weighted by molar-refractivity contribution is 5.92. The topological polar surface area (TPSA) is 62.7 Å². The van der Waals surface area contributed by atoms with Crippen LogP contribution in [-0.4, -0.2) is 41.1 Å². The molecule has 2 aromatic carbocycles. The van der Waals surface area contributed by atoms with Gasteiger partial charge in [-0.3, -0.25) is 4.79 Å². The van der Waals surface area contributed by atoms with E-state index < -0.39 is 6.10 Å². The van der Waals surface area contributed by atoms with Crippen molar-refractivity contribution in [1.29, 1.82) is 0 Å². The van der Waals surface area contributed by atoms with Crippen LogP contribution in [0.1, 0.15) is 70.6 Å². The molecule has 2 aliphatic carbocycles. The van der Waals surface area contributed by atoms with Gasteiger partial charge in [0.25, 0.3) is 5.91 Å². The molecule has 1 amide bonds. The standard InChI is InChI=1S/C29H30N2O3/c1-34-17-21-5-4-8-26(30-21)28(33)31-14-13-29(18-31)16-27(32)24-15-20(11-12-25(24)29)23-7-3-2-6-22(23)19-9-10-19/h2-8,11-12,15,19,27,32H,9-10,13-14,16-18H2,1H3. The second-order valence-corrected chi connectivity index (χ2v) is 10.1. The number of hydrogen-bond donors (Lipinski definition) is 1. The van der Waals surface area contributed by atoms with E-state index in [0.717, 1.165) is 17.7 Å². The van der Waals surface area contributed by atoms with Gasteiger partial charge in [0.1, 0.15) is 5.69 Å². The molecule has 1 N–H and O–H groups in total. The number of likely N-dealkylation sites (tertiary alicyclic amines) is 1. The number of fused-ring (bicyclic) bond motifs is 2. The molecular formula is C29H30N2O3. The summed E-state index contributed by atoms with van der Waals surface area (Å²) in [6, 6.07) is 20.8. The molecule has 1 aromatic heterocycles. The lowest BCUT2D eigenvalue weighted by atomic mass is 9.80. The van der Waals surface area contributed by atoms with Crippen LogP contribution in [0.15, 0.2) is 60.7 Å². The van der Waals surface area contributed by atoms with Crippen LogP contribution in [-0.2, 0) is 16.8 Å². The zero-order valence-electron chi connectivity index (χ0n) is 19.5. The van der Waals surface area contributed by atoms with Gasteiger partial charge in [-0.15, -0.1) is 0 Å². The molecule has 0 radical (unpaired) electrons. The fourth-order valence-electron chi connectivity index (χ4n) is 6.01. The first-order valence-electron chi connectivity index (χ1n) is 12.2. The fraction of sp³-hybridized carbons (Fsp3) is 0.379. The number of amides is 1. The Bertz CT molecular complexity index is 1250. The third kappa shape index (κ3) is 3.64. The summed E-state index contributed by atoms with van der Waals surface area (Å²) >= 11 is 0. The van der Waals surface area contributed by atoms with E-state index in [1.807, 2.05) is 17.0 Å². The molecule has 3 aliphatic rings. The molecule has 174 valence electrons. The van der Waals surface area contributed by atoms with Gasteiger partial charge >= 0.3 is 0 Å². The van der Waals surface area contributed by atoms with Gasteiger partial charge in [-0.1, -0.05) is 42.5 Å².